The highest BCUT2D eigenvalue weighted by Crippen LogP contribution is 2.38. The number of benzene rings is 2. The molecule has 5 nitrogen and oxygen atoms in total. The number of hydrogen-bond acceptors (Lipinski definition) is 5. The third kappa shape index (κ3) is 3.27. The second-order valence-corrected chi connectivity index (χ2v) is 7.62. The summed E-state index contributed by atoms with van der Waals surface area (Å²) in [7, 11) is 0. The van der Waals surface area contributed by atoms with Gasteiger partial charge in [-0.15, -0.1) is 10.2 Å². The summed E-state index contributed by atoms with van der Waals surface area (Å²) in [6.07, 6.45) is 2.26. The van der Waals surface area contributed by atoms with Gasteiger partial charge in [-0.2, -0.15) is 0 Å². The van der Waals surface area contributed by atoms with Gasteiger partial charge in [0.05, 0.1) is 0 Å². The van der Waals surface area contributed by atoms with Crippen molar-refractivity contribution >= 4 is 32.5 Å². The van der Waals surface area contributed by atoms with Crippen LogP contribution < -0.4 is 10.6 Å². The lowest BCUT2D eigenvalue weighted by molar-refractivity contribution is 0.476. The van der Waals surface area contributed by atoms with E-state index in [0.29, 0.717) is 17.3 Å². The van der Waals surface area contributed by atoms with Crippen LogP contribution in [0.25, 0.3) is 22.0 Å². The van der Waals surface area contributed by atoms with Crippen LogP contribution in [0.15, 0.2) is 40.9 Å². The molecule has 26 heavy (non-hydrogen) atoms. The van der Waals surface area contributed by atoms with Crippen molar-refractivity contribution in [2.45, 2.75) is 25.8 Å². The van der Waals surface area contributed by atoms with E-state index < -0.39 is 0 Å². The van der Waals surface area contributed by atoms with Crippen molar-refractivity contribution in [2.75, 3.05) is 18.4 Å². The summed E-state index contributed by atoms with van der Waals surface area (Å²) in [5.41, 5.74) is 2.39. The number of phenolic OH excluding ortho intramolecular Hbond substituents is 1. The maximum atomic E-state index is 10.4. The number of phenols is 1. The maximum absolute atomic E-state index is 10.4. The number of aromatic nitrogens is 2. The van der Waals surface area contributed by atoms with Crippen LogP contribution in [0.2, 0.25) is 0 Å². The largest absolute Gasteiger partial charge is 0.507 e. The van der Waals surface area contributed by atoms with Crippen LogP contribution in [-0.4, -0.2) is 34.4 Å². The molecule has 3 aromatic rings. The fraction of sp³-hybridized carbons (Fsp3) is 0.300. The number of nitrogens with zero attached hydrogens (tertiary/aromatic N) is 2. The van der Waals surface area contributed by atoms with Crippen molar-refractivity contribution in [1.29, 1.82) is 0 Å². The Bertz CT molecular complexity index is 954. The molecule has 134 valence electrons. The highest BCUT2D eigenvalue weighted by atomic mass is 79.9. The average molecular weight is 413 g/mol. The Hall–Kier alpha value is -2.18. The molecule has 2 aromatic carbocycles. The molecule has 0 bridgehead atoms. The maximum Gasteiger partial charge on any atom is 0.158 e. The van der Waals surface area contributed by atoms with Gasteiger partial charge in [0.25, 0.3) is 0 Å². The molecule has 1 unspecified atom stereocenters. The van der Waals surface area contributed by atoms with Crippen molar-refractivity contribution < 1.29 is 5.11 Å². The Balaban J connectivity index is 1.84. The Labute approximate surface area is 161 Å². The van der Waals surface area contributed by atoms with E-state index in [0.717, 1.165) is 52.6 Å². The van der Waals surface area contributed by atoms with E-state index in [4.69, 9.17) is 0 Å². The predicted octanol–water partition coefficient (Wildman–Crippen LogP) is 4.24. The normalized spacial score (nSPS) is 17.4. The summed E-state index contributed by atoms with van der Waals surface area (Å²) >= 11 is 3.66. The molecular weight excluding hydrogens is 392 g/mol. The van der Waals surface area contributed by atoms with Gasteiger partial charge >= 0.3 is 0 Å². The number of anilines is 1. The number of nitrogens with one attached hydrogen (secondary N) is 2. The lowest BCUT2D eigenvalue weighted by Crippen LogP contribution is -2.38. The highest BCUT2D eigenvalue weighted by Gasteiger charge is 2.19. The predicted molar refractivity (Wildman–Crippen MR) is 109 cm³/mol. The molecule has 2 heterocycles. The SMILES string of the molecule is Cc1ccc(-c2nnc(NC3CCCNC3)c3c(Br)cccc23)c(O)c1. The van der Waals surface area contributed by atoms with Gasteiger partial charge in [0.2, 0.25) is 0 Å². The minimum atomic E-state index is 0.220. The van der Waals surface area contributed by atoms with E-state index in [-0.39, 0.29) is 5.75 Å². The topological polar surface area (TPSA) is 70.1 Å². The number of halogens is 1. The monoisotopic (exact) mass is 412 g/mol. The summed E-state index contributed by atoms with van der Waals surface area (Å²) in [5.74, 6) is 0.995. The van der Waals surface area contributed by atoms with Crippen molar-refractivity contribution in [2.24, 2.45) is 0 Å². The van der Waals surface area contributed by atoms with E-state index in [1.165, 1.54) is 0 Å². The van der Waals surface area contributed by atoms with Gasteiger partial charge in [-0.25, -0.2) is 0 Å². The zero-order valence-corrected chi connectivity index (χ0v) is 16.2. The second-order valence-electron chi connectivity index (χ2n) is 6.77. The molecule has 6 heteroatoms. The molecule has 0 spiro atoms. The van der Waals surface area contributed by atoms with E-state index >= 15 is 0 Å². The molecule has 1 saturated heterocycles. The van der Waals surface area contributed by atoms with Crippen LogP contribution in [0.4, 0.5) is 5.82 Å². The molecule has 4 rings (SSSR count). The summed E-state index contributed by atoms with van der Waals surface area (Å²) in [4.78, 5) is 0. The van der Waals surface area contributed by atoms with Crippen LogP contribution in [0, 0.1) is 6.92 Å². The minimum Gasteiger partial charge on any atom is -0.507 e. The first-order chi connectivity index (χ1) is 12.6. The first-order valence-corrected chi connectivity index (χ1v) is 9.65. The van der Waals surface area contributed by atoms with Crippen LogP contribution in [0.5, 0.6) is 5.75 Å². The average Bonchev–Trinajstić information content (AvgIpc) is 2.63. The van der Waals surface area contributed by atoms with Gasteiger partial charge in [-0.05, 0) is 50.1 Å². The van der Waals surface area contributed by atoms with E-state index in [1.807, 2.05) is 37.3 Å². The standard InChI is InChI=1S/C20H21BrN4O/c1-12-7-8-14(17(26)10-12)19-15-5-2-6-16(21)18(15)20(25-24-19)23-13-4-3-9-22-11-13/h2,5-8,10,13,22,26H,3-4,9,11H2,1H3,(H,23,25). The van der Waals surface area contributed by atoms with E-state index in [1.54, 1.807) is 6.07 Å². The van der Waals surface area contributed by atoms with Crippen LogP contribution in [0.1, 0.15) is 18.4 Å². The molecule has 1 atom stereocenters. The molecule has 1 aliphatic rings. The lowest BCUT2D eigenvalue weighted by atomic mass is 10.0. The Morgan fingerprint density at radius 2 is 2.12 bits per heavy atom. The number of aromatic hydroxyl groups is 1. The second kappa shape index (κ2) is 7.21. The Morgan fingerprint density at radius 1 is 1.23 bits per heavy atom. The van der Waals surface area contributed by atoms with Gasteiger partial charge in [0.1, 0.15) is 11.4 Å². The third-order valence-electron chi connectivity index (χ3n) is 4.80. The molecular formula is C20H21BrN4O. The van der Waals surface area contributed by atoms with Gasteiger partial charge in [0, 0.05) is 33.4 Å². The molecule has 0 radical (unpaired) electrons. The number of hydrogen-bond donors (Lipinski definition) is 3. The van der Waals surface area contributed by atoms with Gasteiger partial charge in [-0.3, -0.25) is 0 Å². The molecule has 1 aliphatic heterocycles. The number of fused-ring (bicyclic) bond motifs is 1. The molecule has 0 saturated carbocycles. The zero-order chi connectivity index (χ0) is 18.1. The van der Waals surface area contributed by atoms with Crippen LogP contribution in [-0.2, 0) is 0 Å². The molecule has 3 N–H and O–H groups in total. The number of piperidine rings is 1. The summed E-state index contributed by atoms with van der Waals surface area (Å²) in [5, 5.41) is 28.2. The van der Waals surface area contributed by atoms with E-state index in [9.17, 15) is 5.11 Å². The first kappa shape index (κ1) is 17.2. The highest BCUT2D eigenvalue weighted by molar-refractivity contribution is 9.10. The first-order valence-electron chi connectivity index (χ1n) is 8.85. The fourth-order valence-electron chi connectivity index (χ4n) is 3.48. The molecule has 0 amide bonds. The molecule has 1 fully saturated rings. The van der Waals surface area contributed by atoms with Crippen molar-refractivity contribution in [3.05, 3.63) is 46.4 Å². The molecule has 1 aromatic heterocycles. The van der Waals surface area contributed by atoms with Crippen molar-refractivity contribution in [3.63, 3.8) is 0 Å². The van der Waals surface area contributed by atoms with Gasteiger partial charge in [-0.1, -0.05) is 34.1 Å². The smallest absolute Gasteiger partial charge is 0.158 e. The third-order valence-corrected chi connectivity index (χ3v) is 5.46. The van der Waals surface area contributed by atoms with Crippen molar-refractivity contribution in [3.8, 4) is 17.0 Å². The summed E-state index contributed by atoms with van der Waals surface area (Å²) in [6, 6.07) is 12.0. The number of aryl methyl sites for hydroxylation is 1. The van der Waals surface area contributed by atoms with Crippen molar-refractivity contribution in [1.82, 2.24) is 15.5 Å². The summed E-state index contributed by atoms with van der Waals surface area (Å²) in [6.45, 7) is 3.95. The lowest BCUT2D eigenvalue weighted by Gasteiger charge is -2.25. The molecule has 0 aliphatic carbocycles. The Kier molecular flexibility index (Phi) is 4.78. The fourth-order valence-corrected chi connectivity index (χ4v) is 4.03. The van der Waals surface area contributed by atoms with E-state index in [2.05, 4.69) is 36.8 Å². The van der Waals surface area contributed by atoms with Gasteiger partial charge in [0.15, 0.2) is 5.82 Å². The van der Waals surface area contributed by atoms with Gasteiger partial charge < -0.3 is 15.7 Å². The zero-order valence-electron chi connectivity index (χ0n) is 14.6. The minimum absolute atomic E-state index is 0.220. The van der Waals surface area contributed by atoms with Crippen LogP contribution in [0.3, 0.4) is 0 Å². The Morgan fingerprint density at radius 3 is 2.88 bits per heavy atom. The van der Waals surface area contributed by atoms with Crippen LogP contribution >= 0.6 is 15.9 Å². The number of rotatable bonds is 3. The quantitative estimate of drug-likeness (QED) is 0.600. The summed E-state index contributed by atoms with van der Waals surface area (Å²) < 4.78 is 0.962.